The van der Waals surface area contributed by atoms with Gasteiger partial charge in [-0.1, -0.05) is 38.9 Å². The molecule has 5 heteroatoms. The molecule has 0 radical (unpaired) electrons. The van der Waals surface area contributed by atoms with E-state index >= 15 is 0 Å². The van der Waals surface area contributed by atoms with Crippen LogP contribution in [-0.4, -0.2) is 10.9 Å². The molecule has 0 fully saturated rings. The van der Waals surface area contributed by atoms with Gasteiger partial charge < -0.3 is 11.1 Å². The van der Waals surface area contributed by atoms with Crippen molar-refractivity contribution in [3.63, 3.8) is 0 Å². The number of rotatable bonds is 7. The van der Waals surface area contributed by atoms with E-state index in [1.165, 1.54) is 24.3 Å². The van der Waals surface area contributed by atoms with Gasteiger partial charge in [-0.3, -0.25) is 4.79 Å². The number of thiocarbonyl (C=S) groups is 1. The maximum absolute atomic E-state index is 12.9. The maximum Gasteiger partial charge on any atom is 0.237 e. The summed E-state index contributed by atoms with van der Waals surface area (Å²) >= 11 is 5.13. The molecular weight excluding hydrogens is 275 g/mol. The lowest BCUT2D eigenvalue weighted by atomic mass is 9.78. The van der Waals surface area contributed by atoms with Crippen molar-refractivity contribution in [2.24, 2.45) is 11.1 Å². The molecule has 0 spiro atoms. The van der Waals surface area contributed by atoms with Crippen molar-refractivity contribution in [3.8, 4) is 0 Å². The lowest BCUT2D eigenvalue weighted by molar-refractivity contribution is -0.122. The fourth-order valence-electron chi connectivity index (χ4n) is 2.35. The third-order valence-electron chi connectivity index (χ3n) is 3.36. The van der Waals surface area contributed by atoms with Crippen LogP contribution in [0.5, 0.6) is 0 Å². The van der Waals surface area contributed by atoms with Crippen LogP contribution in [-0.2, 0) is 4.79 Å². The van der Waals surface area contributed by atoms with E-state index in [9.17, 15) is 9.18 Å². The highest BCUT2D eigenvalue weighted by Crippen LogP contribution is 2.32. The van der Waals surface area contributed by atoms with E-state index in [2.05, 4.69) is 5.32 Å². The van der Waals surface area contributed by atoms with Gasteiger partial charge in [0.1, 0.15) is 5.82 Å². The molecule has 110 valence electrons. The summed E-state index contributed by atoms with van der Waals surface area (Å²) in [6.45, 7) is 3.99. The monoisotopic (exact) mass is 296 g/mol. The number of hydrogen-bond donors (Lipinski definition) is 2. The Kier molecular flexibility index (Phi) is 6.07. The van der Waals surface area contributed by atoms with Crippen LogP contribution in [0.3, 0.4) is 0 Å². The molecule has 0 aliphatic heterocycles. The van der Waals surface area contributed by atoms with E-state index in [0.717, 1.165) is 12.8 Å². The molecule has 0 aliphatic rings. The van der Waals surface area contributed by atoms with Crippen LogP contribution >= 0.6 is 12.2 Å². The number of nitrogens with one attached hydrogen (secondary N) is 1. The molecule has 3 N–H and O–H groups in total. The third-order valence-corrected chi connectivity index (χ3v) is 3.75. The second-order valence-corrected chi connectivity index (χ2v) is 5.35. The van der Waals surface area contributed by atoms with Gasteiger partial charge in [0.15, 0.2) is 0 Å². The van der Waals surface area contributed by atoms with Crippen molar-refractivity contribution in [3.05, 3.63) is 30.1 Å². The molecule has 20 heavy (non-hydrogen) atoms. The minimum Gasteiger partial charge on any atom is -0.392 e. The minimum absolute atomic E-state index is 0.208. The second-order valence-electron chi connectivity index (χ2n) is 4.91. The molecule has 0 atom stereocenters. The van der Waals surface area contributed by atoms with Gasteiger partial charge in [0.25, 0.3) is 0 Å². The van der Waals surface area contributed by atoms with Gasteiger partial charge in [0.2, 0.25) is 5.91 Å². The van der Waals surface area contributed by atoms with Gasteiger partial charge in [0, 0.05) is 5.69 Å². The number of anilines is 1. The maximum atomic E-state index is 12.9. The zero-order valence-electron chi connectivity index (χ0n) is 11.9. The highest BCUT2D eigenvalue weighted by Gasteiger charge is 2.39. The molecule has 1 aromatic carbocycles. The number of halogens is 1. The summed E-state index contributed by atoms with van der Waals surface area (Å²) in [4.78, 5) is 12.8. The molecule has 1 aromatic rings. The van der Waals surface area contributed by atoms with E-state index < -0.39 is 5.41 Å². The van der Waals surface area contributed by atoms with Gasteiger partial charge in [0.05, 0.1) is 10.4 Å². The van der Waals surface area contributed by atoms with E-state index in [-0.39, 0.29) is 16.7 Å². The zero-order valence-corrected chi connectivity index (χ0v) is 12.7. The van der Waals surface area contributed by atoms with Gasteiger partial charge in [-0.05, 0) is 37.1 Å². The first-order valence-corrected chi connectivity index (χ1v) is 7.24. The van der Waals surface area contributed by atoms with E-state index in [4.69, 9.17) is 18.0 Å². The van der Waals surface area contributed by atoms with Crippen molar-refractivity contribution >= 4 is 28.8 Å². The Balaban J connectivity index is 2.98. The highest BCUT2D eigenvalue weighted by atomic mass is 32.1. The van der Waals surface area contributed by atoms with E-state index in [1.54, 1.807) is 0 Å². The first-order valence-electron chi connectivity index (χ1n) is 6.83. The Morgan fingerprint density at radius 3 is 2.15 bits per heavy atom. The van der Waals surface area contributed by atoms with Crippen molar-refractivity contribution in [2.45, 2.75) is 39.5 Å². The molecule has 0 saturated carbocycles. The molecule has 3 nitrogen and oxygen atoms in total. The molecule has 1 rings (SSSR count). The number of hydrogen-bond acceptors (Lipinski definition) is 2. The molecule has 0 unspecified atom stereocenters. The normalized spacial score (nSPS) is 11.2. The summed E-state index contributed by atoms with van der Waals surface area (Å²) in [7, 11) is 0. The SMILES string of the molecule is CCCC(CCC)(C(=O)Nc1ccc(F)cc1)C(N)=S. The first-order chi connectivity index (χ1) is 9.46. The summed E-state index contributed by atoms with van der Waals surface area (Å²) in [5.74, 6) is -0.550. The van der Waals surface area contributed by atoms with Crippen LogP contribution in [0.2, 0.25) is 0 Å². The molecule has 0 bridgehead atoms. The number of carbonyl (C=O) groups is 1. The van der Waals surface area contributed by atoms with Crippen LogP contribution in [0.1, 0.15) is 39.5 Å². The number of carbonyl (C=O) groups excluding carboxylic acids is 1. The van der Waals surface area contributed by atoms with Crippen molar-refractivity contribution in [1.29, 1.82) is 0 Å². The average Bonchev–Trinajstić information content (AvgIpc) is 2.40. The van der Waals surface area contributed by atoms with E-state index in [1.807, 2.05) is 13.8 Å². The largest absolute Gasteiger partial charge is 0.392 e. The summed E-state index contributed by atoms with van der Waals surface area (Å²) in [5, 5.41) is 2.79. The quantitative estimate of drug-likeness (QED) is 0.755. The number of benzene rings is 1. The molecule has 1 amide bonds. The van der Waals surface area contributed by atoms with Gasteiger partial charge in [-0.2, -0.15) is 0 Å². The Bertz CT molecular complexity index is 467. The molecule has 0 saturated heterocycles. The second kappa shape index (κ2) is 7.33. The van der Waals surface area contributed by atoms with Crippen LogP contribution in [0.15, 0.2) is 24.3 Å². The van der Waals surface area contributed by atoms with Gasteiger partial charge >= 0.3 is 0 Å². The molecule has 0 heterocycles. The lowest BCUT2D eigenvalue weighted by Crippen LogP contribution is -2.46. The standard InChI is InChI=1S/C15H21FN2OS/c1-3-9-15(10-4-2,13(17)20)14(19)18-12-7-5-11(16)6-8-12/h5-8H,3-4,9-10H2,1-2H3,(H2,17,20)(H,18,19). The van der Waals surface area contributed by atoms with Crippen LogP contribution in [0.25, 0.3) is 0 Å². The van der Waals surface area contributed by atoms with Gasteiger partial charge in [-0.25, -0.2) is 4.39 Å². The summed E-state index contributed by atoms with van der Waals surface area (Å²) < 4.78 is 12.9. The van der Waals surface area contributed by atoms with Crippen LogP contribution in [0, 0.1) is 11.2 Å². The predicted molar refractivity (Wildman–Crippen MR) is 84.1 cm³/mol. The zero-order chi connectivity index (χ0) is 15.2. The van der Waals surface area contributed by atoms with Crippen molar-refractivity contribution in [2.75, 3.05) is 5.32 Å². The Labute approximate surface area is 124 Å². The Morgan fingerprint density at radius 2 is 1.75 bits per heavy atom. The summed E-state index contributed by atoms with van der Waals surface area (Å²) in [5.41, 5.74) is 5.55. The first kappa shape index (κ1) is 16.6. The van der Waals surface area contributed by atoms with Crippen LogP contribution < -0.4 is 11.1 Å². The lowest BCUT2D eigenvalue weighted by Gasteiger charge is -2.31. The fraction of sp³-hybridized carbons (Fsp3) is 0.467. The van der Waals surface area contributed by atoms with E-state index in [0.29, 0.717) is 18.5 Å². The van der Waals surface area contributed by atoms with Crippen molar-refractivity contribution < 1.29 is 9.18 Å². The topological polar surface area (TPSA) is 55.1 Å². The third kappa shape index (κ3) is 3.76. The molecule has 0 aromatic heterocycles. The van der Waals surface area contributed by atoms with Crippen LogP contribution in [0.4, 0.5) is 10.1 Å². The number of nitrogens with two attached hydrogens (primary N) is 1. The predicted octanol–water partition coefficient (Wildman–Crippen LogP) is 3.64. The smallest absolute Gasteiger partial charge is 0.237 e. The Morgan fingerprint density at radius 1 is 1.25 bits per heavy atom. The summed E-state index contributed by atoms with van der Waals surface area (Å²) in [6, 6.07) is 5.65. The highest BCUT2D eigenvalue weighted by molar-refractivity contribution is 7.80. The minimum atomic E-state index is -0.826. The molecule has 0 aliphatic carbocycles. The number of amides is 1. The molecular formula is C15H21FN2OS. The fourth-order valence-corrected chi connectivity index (χ4v) is 2.64. The average molecular weight is 296 g/mol. The Hall–Kier alpha value is -1.49. The summed E-state index contributed by atoms with van der Waals surface area (Å²) in [6.07, 6.45) is 2.86. The van der Waals surface area contributed by atoms with Crippen molar-refractivity contribution in [1.82, 2.24) is 0 Å². The van der Waals surface area contributed by atoms with Gasteiger partial charge in [-0.15, -0.1) is 0 Å².